The number of rotatable bonds is 4. The molecule has 2 aromatic heterocycles. The van der Waals surface area contributed by atoms with Crippen LogP contribution in [0.2, 0.25) is 0 Å². The molecule has 3 rings (SSSR count). The van der Waals surface area contributed by atoms with Gasteiger partial charge in [-0.1, -0.05) is 12.1 Å². The third kappa shape index (κ3) is 3.00. The zero-order valence-electron chi connectivity index (χ0n) is 12.4. The first-order valence-electron chi connectivity index (χ1n) is 7.09. The summed E-state index contributed by atoms with van der Waals surface area (Å²) in [6.45, 7) is 2.24. The van der Waals surface area contributed by atoms with Crippen LogP contribution < -0.4 is 10.9 Å². The molecule has 23 heavy (non-hydrogen) atoms. The van der Waals surface area contributed by atoms with Crippen LogP contribution in [0.1, 0.15) is 6.92 Å². The number of nitrogens with one attached hydrogen (secondary N) is 1. The van der Waals surface area contributed by atoms with E-state index in [4.69, 9.17) is 0 Å². The Kier molecular flexibility index (Phi) is 4.20. The summed E-state index contributed by atoms with van der Waals surface area (Å²) < 4.78 is 14.4. The first-order chi connectivity index (χ1) is 11.1. The van der Waals surface area contributed by atoms with E-state index < -0.39 is 0 Å². The molecular weight excluding hydrogens is 317 g/mol. The fraction of sp³-hybridized carbons (Fsp3) is 0.188. The van der Waals surface area contributed by atoms with Gasteiger partial charge in [-0.2, -0.15) is 0 Å². The van der Waals surface area contributed by atoms with Crippen molar-refractivity contribution in [3.8, 4) is 11.1 Å². The Morgan fingerprint density at radius 2 is 2.09 bits per heavy atom. The highest BCUT2D eigenvalue weighted by Crippen LogP contribution is 2.30. The second-order valence-electron chi connectivity index (χ2n) is 4.97. The number of aromatic nitrogens is 2. The lowest BCUT2D eigenvalue weighted by molar-refractivity contribution is -0.121. The van der Waals surface area contributed by atoms with Gasteiger partial charge in [0.25, 0.3) is 5.56 Å². The molecule has 0 aliphatic heterocycles. The molecule has 0 radical (unpaired) electrons. The number of benzene rings is 1. The van der Waals surface area contributed by atoms with Gasteiger partial charge in [0.15, 0.2) is 0 Å². The van der Waals surface area contributed by atoms with Gasteiger partial charge in [-0.15, -0.1) is 11.3 Å². The second kappa shape index (κ2) is 6.29. The summed E-state index contributed by atoms with van der Waals surface area (Å²) in [5.74, 6) is -0.575. The van der Waals surface area contributed by atoms with E-state index >= 15 is 0 Å². The number of carbonyl (C=O) groups is 1. The van der Waals surface area contributed by atoms with E-state index in [1.54, 1.807) is 12.1 Å². The molecule has 0 atom stereocenters. The molecule has 2 heterocycles. The van der Waals surface area contributed by atoms with Crippen molar-refractivity contribution in [2.45, 2.75) is 13.5 Å². The van der Waals surface area contributed by atoms with E-state index in [0.29, 0.717) is 22.3 Å². The van der Waals surface area contributed by atoms with Crippen molar-refractivity contribution in [1.29, 1.82) is 0 Å². The molecule has 0 aliphatic rings. The normalized spacial score (nSPS) is 10.9. The Balaban J connectivity index is 2.09. The maximum Gasteiger partial charge on any atom is 0.263 e. The zero-order valence-corrected chi connectivity index (χ0v) is 13.2. The van der Waals surface area contributed by atoms with Crippen LogP contribution in [0.5, 0.6) is 0 Å². The molecule has 5 nitrogen and oxygen atoms in total. The molecule has 118 valence electrons. The van der Waals surface area contributed by atoms with E-state index in [2.05, 4.69) is 10.3 Å². The molecule has 0 bridgehead atoms. The Bertz CT molecular complexity index is 915. The average molecular weight is 331 g/mol. The van der Waals surface area contributed by atoms with E-state index in [9.17, 15) is 14.0 Å². The molecule has 1 aromatic carbocycles. The molecule has 1 N–H and O–H groups in total. The van der Waals surface area contributed by atoms with E-state index in [0.717, 1.165) is 5.56 Å². The van der Waals surface area contributed by atoms with Crippen LogP contribution >= 0.6 is 11.3 Å². The average Bonchev–Trinajstić information content (AvgIpc) is 2.96. The molecular formula is C16H14FN3O2S. The largest absolute Gasteiger partial charge is 0.355 e. The highest BCUT2D eigenvalue weighted by Gasteiger charge is 2.14. The van der Waals surface area contributed by atoms with Crippen molar-refractivity contribution < 1.29 is 9.18 Å². The number of thiophene rings is 1. The molecule has 3 aromatic rings. The van der Waals surface area contributed by atoms with Crippen LogP contribution in [0, 0.1) is 5.82 Å². The van der Waals surface area contributed by atoms with Gasteiger partial charge in [0, 0.05) is 17.5 Å². The fourth-order valence-corrected chi connectivity index (χ4v) is 3.24. The van der Waals surface area contributed by atoms with Gasteiger partial charge in [0.1, 0.15) is 17.2 Å². The fourth-order valence-electron chi connectivity index (χ4n) is 2.33. The molecule has 0 saturated carbocycles. The number of hydrogen-bond donors (Lipinski definition) is 1. The van der Waals surface area contributed by atoms with Crippen LogP contribution in [-0.2, 0) is 11.3 Å². The van der Waals surface area contributed by atoms with Gasteiger partial charge in [-0.3, -0.25) is 14.2 Å². The predicted octanol–water partition coefficient (Wildman–Crippen LogP) is 2.40. The zero-order chi connectivity index (χ0) is 16.4. The monoisotopic (exact) mass is 331 g/mol. The Hall–Kier alpha value is -2.54. The summed E-state index contributed by atoms with van der Waals surface area (Å²) in [5, 5.41) is 4.92. The van der Waals surface area contributed by atoms with E-state index in [1.807, 2.05) is 12.3 Å². The molecule has 0 unspecified atom stereocenters. The third-order valence-electron chi connectivity index (χ3n) is 3.40. The molecule has 1 amide bonds. The van der Waals surface area contributed by atoms with Gasteiger partial charge >= 0.3 is 0 Å². The molecule has 7 heteroatoms. The second-order valence-corrected chi connectivity index (χ2v) is 5.83. The van der Waals surface area contributed by atoms with E-state index in [-0.39, 0.29) is 23.8 Å². The first-order valence-corrected chi connectivity index (χ1v) is 7.97. The van der Waals surface area contributed by atoms with Gasteiger partial charge in [-0.05, 0) is 24.6 Å². The number of nitrogens with zero attached hydrogens (tertiary/aromatic N) is 2. The van der Waals surface area contributed by atoms with Crippen LogP contribution in [0.15, 0.2) is 40.8 Å². The smallest absolute Gasteiger partial charge is 0.263 e. The Labute approximate surface area is 135 Å². The standard InChI is InChI=1S/C16H14FN3O2S/c1-2-18-13(21)7-20-9-19-15-14(16(20)22)12(8-23-15)10-3-5-11(17)6-4-10/h3-6,8-9H,2,7H2,1H3,(H,18,21). The van der Waals surface area contributed by atoms with Gasteiger partial charge in [0.05, 0.1) is 11.7 Å². The maximum absolute atomic E-state index is 13.1. The summed E-state index contributed by atoms with van der Waals surface area (Å²) in [6, 6.07) is 5.94. The predicted molar refractivity (Wildman–Crippen MR) is 88.0 cm³/mol. The quantitative estimate of drug-likeness (QED) is 0.798. The van der Waals surface area contributed by atoms with Gasteiger partial charge < -0.3 is 5.32 Å². The van der Waals surface area contributed by atoms with E-state index in [1.165, 1.54) is 34.4 Å². The van der Waals surface area contributed by atoms with Crippen molar-refractivity contribution in [3.63, 3.8) is 0 Å². The van der Waals surface area contributed by atoms with Gasteiger partial charge in [0.2, 0.25) is 5.91 Å². The molecule has 0 fully saturated rings. The van der Waals surface area contributed by atoms with Crippen molar-refractivity contribution in [3.05, 3.63) is 52.1 Å². The Morgan fingerprint density at radius 1 is 1.35 bits per heavy atom. The van der Waals surface area contributed by atoms with Crippen LogP contribution in [-0.4, -0.2) is 22.0 Å². The Morgan fingerprint density at radius 3 is 2.78 bits per heavy atom. The summed E-state index contributed by atoms with van der Waals surface area (Å²) in [7, 11) is 0. The van der Waals surface area contributed by atoms with Crippen LogP contribution in [0.3, 0.4) is 0 Å². The maximum atomic E-state index is 13.1. The first kappa shape index (κ1) is 15.4. The van der Waals surface area contributed by atoms with Crippen molar-refractivity contribution in [2.75, 3.05) is 6.54 Å². The summed E-state index contributed by atoms with van der Waals surface area (Å²) in [6.07, 6.45) is 1.38. The van der Waals surface area contributed by atoms with Crippen LogP contribution in [0.25, 0.3) is 21.3 Å². The lowest BCUT2D eigenvalue weighted by atomic mass is 10.1. The number of likely N-dealkylation sites (N-methyl/N-ethyl adjacent to an activating group) is 1. The molecule has 0 spiro atoms. The van der Waals surface area contributed by atoms with Crippen LogP contribution in [0.4, 0.5) is 4.39 Å². The number of carbonyl (C=O) groups excluding carboxylic acids is 1. The number of amides is 1. The minimum absolute atomic E-state index is 0.0751. The SMILES string of the molecule is CCNC(=O)Cn1cnc2scc(-c3ccc(F)cc3)c2c1=O. The van der Waals surface area contributed by atoms with Crippen molar-refractivity contribution in [1.82, 2.24) is 14.9 Å². The minimum Gasteiger partial charge on any atom is -0.355 e. The minimum atomic E-state index is -0.333. The van der Waals surface area contributed by atoms with Gasteiger partial charge in [-0.25, -0.2) is 9.37 Å². The summed E-state index contributed by atoms with van der Waals surface area (Å²) >= 11 is 1.35. The number of halogens is 1. The molecule has 0 aliphatic carbocycles. The lowest BCUT2D eigenvalue weighted by Gasteiger charge is -2.06. The highest BCUT2D eigenvalue weighted by molar-refractivity contribution is 7.17. The van der Waals surface area contributed by atoms with Crippen molar-refractivity contribution in [2.24, 2.45) is 0 Å². The third-order valence-corrected chi connectivity index (χ3v) is 4.29. The highest BCUT2D eigenvalue weighted by atomic mass is 32.1. The summed E-state index contributed by atoms with van der Waals surface area (Å²) in [5.41, 5.74) is 1.17. The van der Waals surface area contributed by atoms with Crippen molar-refractivity contribution >= 4 is 27.5 Å². The summed E-state index contributed by atoms with van der Waals surface area (Å²) in [4.78, 5) is 29.2. The number of fused-ring (bicyclic) bond motifs is 1. The topological polar surface area (TPSA) is 64.0 Å². The molecule has 0 saturated heterocycles. The number of hydrogen-bond acceptors (Lipinski definition) is 4. The lowest BCUT2D eigenvalue weighted by Crippen LogP contribution is -2.32.